The lowest BCUT2D eigenvalue weighted by Gasteiger charge is -2.41. The van der Waals surface area contributed by atoms with E-state index in [4.69, 9.17) is 21.6 Å². The lowest BCUT2D eigenvalue weighted by molar-refractivity contribution is 0.147. The van der Waals surface area contributed by atoms with Crippen LogP contribution in [0, 0.1) is 0 Å². The summed E-state index contributed by atoms with van der Waals surface area (Å²) in [7, 11) is 0.290. The summed E-state index contributed by atoms with van der Waals surface area (Å²) in [5.41, 5.74) is 1.85. The van der Waals surface area contributed by atoms with E-state index in [1.165, 1.54) is 36.4 Å². The van der Waals surface area contributed by atoms with Crippen molar-refractivity contribution in [3.63, 3.8) is 0 Å². The molecule has 190 valence electrons. The number of anilines is 2. The summed E-state index contributed by atoms with van der Waals surface area (Å²) < 4.78 is 28.1. The van der Waals surface area contributed by atoms with Crippen LogP contribution in [0.25, 0.3) is 0 Å². The van der Waals surface area contributed by atoms with E-state index in [9.17, 15) is 8.42 Å². The Labute approximate surface area is 213 Å². The molecular weight excluding hydrogens is 484 g/mol. The lowest BCUT2D eigenvalue weighted by atomic mass is 9.94. The second-order valence-electron chi connectivity index (χ2n) is 10.0. The minimum Gasteiger partial charge on any atom is -0.362 e. The Morgan fingerprint density at radius 1 is 0.943 bits per heavy atom. The van der Waals surface area contributed by atoms with Crippen molar-refractivity contribution in [3.05, 3.63) is 40.5 Å². The second-order valence-corrected chi connectivity index (χ2v) is 12.4. The Morgan fingerprint density at radius 2 is 1.63 bits per heavy atom. The minimum atomic E-state index is -3.63. The van der Waals surface area contributed by atoms with E-state index in [-0.39, 0.29) is 11.4 Å². The summed E-state index contributed by atoms with van der Waals surface area (Å²) in [5, 5.41) is 0.517. The number of hydrogen-bond donors (Lipinski definition) is 0. The van der Waals surface area contributed by atoms with Crippen LogP contribution >= 0.6 is 11.6 Å². The third-order valence-corrected chi connectivity index (χ3v) is 9.67. The van der Waals surface area contributed by atoms with Crippen LogP contribution in [0.5, 0.6) is 0 Å². The molecule has 0 atom stereocenters. The molecule has 1 aliphatic carbocycles. The molecule has 2 aromatic rings. The Kier molecular flexibility index (Phi) is 7.21. The summed E-state index contributed by atoms with van der Waals surface area (Å²) in [6.45, 7) is 4.63. The number of piperazine rings is 1. The van der Waals surface area contributed by atoms with Gasteiger partial charge < -0.3 is 9.80 Å². The van der Waals surface area contributed by atoms with Gasteiger partial charge in [0.25, 0.3) is 0 Å². The molecule has 8 nitrogen and oxygen atoms in total. The first-order valence-electron chi connectivity index (χ1n) is 12.6. The molecule has 0 amide bonds. The van der Waals surface area contributed by atoms with Gasteiger partial charge in [-0.1, -0.05) is 30.9 Å². The zero-order valence-electron chi connectivity index (χ0n) is 20.7. The Bertz CT molecular complexity index is 1140. The third kappa shape index (κ3) is 5.14. The number of rotatable bonds is 5. The molecule has 5 rings (SSSR count). The largest absolute Gasteiger partial charge is 0.362 e. The van der Waals surface area contributed by atoms with E-state index in [0.717, 1.165) is 55.2 Å². The van der Waals surface area contributed by atoms with E-state index >= 15 is 0 Å². The Hall–Kier alpha value is -1.94. The highest BCUT2D eigenvalue weighted by Gasteiger charge is 2.33. The minimum absolute atomic E-state index is 0.255. The first-order chi connectivity index (χ1) is 16.8. The van der Waals surface area contributed by atoms with Gasteiger partial charge in [0.05, 0.1) is 10.6 Å². The van der Waals surface area contributed by atoms with Crippen molar-refractivity contribution < 1.29 is 8.42 Å². The number of aromatic nitrogens is 2. The topological polar surface area (TPSA) is 72.9 Å². The standard InChI is InChI=1S/C25H35ClN6O2S/c1-29(2)24-22-18-32(35(33,34)21-10-8-19(26)9-11-21)13-12-23(22)27-25(28-24)31-16-14-30(15-17-31)20-6-4-3-5-7-20/h8-11,20H,3-7,12-18H2,1-2H3. The van der Waals surface area contributed by atoms with Crippen LogP contribution in [0.2, 0.25) is 5.02 Å². The van der Waals surface area contributed by atoms with E-state index in [1.54, 1.807) is 24.3 Å². The number of fused-ring (bicyclic) bond motifs is 1. The molecule has 2 aliphatic heterocycles. The normalized spacial score (nSPS) is 20.6. The van der Waals surface area contributed by atoms with Gasteiger partial charge in [-0.2, -0.15) is 9.29 Å². The molecule has 0 N–H and O–H groups in total. The molecule has 1 aromatic heterocycles. The Morgan fingerprint density at radius 3 is 2.29 bits per heavy atom. The number of halogens is 1. The molecule has 3 heterocycles. The summed E-state index contributed by atoms with van der Waals surface area (Å²) in [4.78, 5) is 17.1. The van der Waals surface area contributed by atoms with E-state index < -0.39 is 10.0 Å². The van der Waals surface area contributed by atoms with Crippen molar-refractivity contribution in [3.8, 4) is 0 Å². The van der Waals surface area contributed by atoms with Crippen molar-refractivity contribution in [2.75, 3.05) is 56.6 Å². The van der Waals surface area contributed by atoms with Crippen LogP contribution in [0.4, 0.5) is 11.8 Å². The fraction of sp³-hybridized carbons (Fsp3) is 0.600. The van der Waals surface area contributed by atoms with E-state index in [2.05, 4.69) is 9.80 Å². The van der Waals surface area contributed by atoms with Gasteiger partial charge in [0.15, 0.2) is 0 Å². The molecule has 3 aliphatic rings. The first-order valence-corrected chi connectivity index (χ1v) is 14.5. The van der Waals surface area contributed by atoms with Crippen molar-refractivity contribution in [2.45, 2.75) is 56.0 Å². The molecule has 1 saturated heterocycles. The number of benzene rings is 1. The van der Waals surface area contributed by atoms with Gasteiger partial charge in [-0.25, -0.2) is 13.4 Å². The highest BCUT2D eigenvalue weighted by atomic mass is 35.5. The maximum Gasteiger partial charge on any atom is 0.243 e. The molecule has 0 radical (unpaired) electrons. The van der Waals surface area contributed by atoms with Crippen LogP contribution in [0.1, 0.15) is 43.4 Å². The highest BCUT2D eigenvalue weighted by Crippen LogP contribution is 2.32. The van der Waals surface area contributed by atoms with Crippen LogP contribution in [-0.4, -0.2) is 80.5 Å². The molecular formula is C25H35ClN6O2S. The van der Waals surface area contributed by atoms with Crippen LogP contribution in [-0.2, 0) is 23.0 Å². The van der Waals surface area contributed by atoms with E-state index in [1.807, 2.05) is 19.0 Å². The predicted molar refractivity (Wildman–Crippen MR) is 140 cm³/mol. The van der Waals surface area contributed by atoms with Crippen LogP contribution in [0.15, 0.2) is 29.2 Å². The molecule has 1 saturated carbocycles. The summed E-state index contributed by atoms with van der Waals surface area (Å²) in [6.07, 6.45) is 7.32. The van der Waals surface area contributed by atoms with Crippen molar-refractivity contribution in [2.24, 2.45) is 0 Å². The lowest BCUT2D eigenvalue weighted by Crippen LogP contribution is -2.51. The SMILES string of the molecule is CN(C)c1nc(N2CCN(C3CCCCC3)CC2)nc2c1CN(S(=O)(=O)c1ccc(Cl)cc1)CC2. The van der Waals surface area contributed by atoms with Gasteiger partial charge in [0, 0.05) is 76.4 Å². The van der Waals surface area contributed by atoms with Crippen molar-refractivity contribution >= 4 is 33.4 Å². The van der Waals surface area contributed by atoms with Gasteiger partial charge in [0.1, 0.15) is 5.82 Å². The molecule has 0 unspecified atom stereocenters. The summed E-state index contributed by atoms with van der Waals surface area (Å²) >= 11 is 5.96. The van der Waals surface area contributed by atoms with Crippen molar-refractivity contribution in [1.82, 2.24) is 19.2 Å². The smallest absolute Gasteiger partial charge is 0.243 e. The number of sulfonamides is 1. The average molecular weight is 519 g/mol. The first kappa shape index (κ1) is 24.7. The predicted octanol–water partition coefficient (Wildman–Crippen LogP) is 3.40. The summed E-state index contributed by atoms with van der Waals surface area (Å²) in [5.74, 6) is 1.57. The molecule has 35 heavy (non-hydrogen) atoms. The third-order valence-electron chi connectivity index (χ3n) is 7.55. The van der Waals surface area contributed by atoms with E-state index in [0.29, 0.717) is 18.0 Å². The Balaban J connectivity index is 1.34. The molecule has 2 fully saturated rings. The van der Waals surface area contributed by atoms with Gasteiger partial charge in [-0.15, -0.1) is 0 Å². The monoisotopic (exact) mass is 518 g/mol. The van der Waals surface area contributed by atoms with Gasteiger partial charge >= 0.3 is 0 Å². The summed E-state index contributed by atoms with van der Waals surface area (Å²) in [6, 6.07) is 7.09. The maximum absolute atomic E-state index is 13.3. The molecule has 1 aromatic carbocycles. The number of nitrogens with zero attached hydrogens (tertiary/aromatic N) is 6. The van der Waals surface area contributed by atoms with Gasteiger partial charge in [-0.3, -0.25) is 4.90 Å². The van der Waals surface area contributed by atoms with Crippen LogP contribution < -0.4 is 9.80 Å². The van der Waals surface area contributed by atoms with Gasteiger partial charge in [-0.05, 0) is 37.1 Å². The quantitative estimate of drug-likeness (QED) is 0.600. The second kappa shape index (κ2) is 10.2. The fourth-order valence-corrected chi connectivity index (χ4v) is 7.10. The van der Waals surface area contributed by atoms with Gasteiger partial charge in [0.2, 0.25) is 16.0 Å². The molecule has 10 heteroatoms. The van der Waals surface area contributed by atoms with Crippen molar-refractivity contribution in [1.29, 1.82) is 0 Å². The average Bonchev–Trinajstić information content (AvgIpc) is 2.88. The maximum atomic E-state index is 13.3. The zero-order valence-corrected chi connectivity index (χ0v) is 22.2. The number of hydrogen-bond acceptors (Lipinski definition) is 7. The zero-order chi connectivity index (χ0) is 24.6. The molecule has 0 spiro atoms. The molecule has 0 bridgehead atoms. The fourth-order valence-electron chi connectivity index (χ4n) is 5.56. The van der Waals surface area contributed by atoms with Crippen LogP contribution in [0.3, 0.4) is 0 Å². The highest BCUT2D eigenvalue weighted by molar-refractivity contribution is 7.89.